The van der Waals surface area contributed by atoms with Crippen LogP contribution in [0.3, 0.4) is 0 Å². The van der Waals surface area contributed by atoms with E-state index in [9.17, 15) is 0 Å². The topological polar surface area (TPSA) is 36.9 Å². The van der Waals surface area contributed by atoms with Crippen LogP contribution in [-0.4, -0.2) is 49.2 Å². The SMILES string of the molecule is C1COCCO1.CO[Si](C)(C)OC. The molecule has 1 fully saturated rings. The molecule has 1 aliphatic heterocycles. The Balaban J connectivity index is 0.000000223. The maximum atomic E-state index is 5.00. The average Bonchev–Trinajstić information content (AvgIpc) is 2.21. The number of hydrogen-bond acceptors (Lipinski definition) is 4. The second-order valence-corrected chi connectivity index (χ2v) is 6.65. The first kappa shape index (κ1) is 13.1. The Labute approximate surface area is 81.4 Å². The van der Waals surface area contributed by atoms with Crippen LogP contribution < -0.4 is 0 Å². The Kier molecular flexibility index (Phi) is 7.49. The maximum absolute atomic E-state index is 5.00. The highest BCUT2D eigenvalue weighted by atomic mass is 28.4. The molecule has 0 atom stereocenters. The average molecular weight is 208 g/mol. The van der Waals surface area contributed by atoms with Gasteiger partial charge < -0.3 is 18.3 Å². The standard InChI is InChI=1S/C4H12O2Si.C4H8O2/c1-5-7(3,4)6-2;1-2-6-4-3-5-1/h1-4H3;1-4H2. The molecule has 1 rings (SSSR count). The van der Waals surface area contributed by atoms with E-state index in [1.54, 1.807) is 14.2 Å². The lowest BCUT2D eigenvalue weighted by atomic mass is 10.6. The monoisotopic (exact) mass is 208 g/mol. The summed E-state index contributed by atoms with van der Waals surface area (Å²) >= 11 is 0. The molecule has 0 unspecified atom stereocenters. The highest BCUT2D eigenvalue weighted by Crippen LogP contribution is 1.99. The lowest BCUT2D eigenvalue weighted by Crippen LogP contribution is -2.31. The van der Waals surface area contributed by atoms with Gasteiger partial charge in [-0.15, -0.1) is 0 Å². The molecule has 0 saturated carbocycles. The number of hydrogen-bond donors (Lipinski definition) is 0. The van der Waals surface area contributed by atoms with Crippen LogP contribution in [-0.2, 0) is 18.3 Å². The first-order chi connectivity index (χ1) is 6.12. The summed E-state index contributed by atoms with van der Waals surface area (Å²) in [6.07, 6.45) is 0. The Morgan fingerprint density at radius 2 is 1.15 bits per heavy atom. The second-order valence-electron chi connectivity index (χ2n) is 3.03. The zero-order chi connectivity index (χ0) is 10.2. The summed E-state index contributed by atoms with van der Waals surface area (Å²) in [5, 5.41) is 0. The van der Waals surface area contributed by atoms with Gasteiger partial charge in [0.25, 0.3) is 0 Å². The lowest BCUT2D eigenvalue weighted by molar-refractivity contribution is -0.0334. The molecule has 0 radical (unpaired) electrons. The Hall–Kier alpha value is 0.0569. The van der Waals surface area contributed by atoms with Crippen LogP contribution in [0, 0.1) is 0 Å². The van der Waals surface area contributed by atoms with Crippen molar-refractivity contribution in [3.05, 3.63) is 0 Å². The van der Waals surface area contributed by atoms with Crippen molar-refractivity contribution in [3.8, 4) is 0 Å². The summed E-state index contributed by atoms with van der Waals surface area (Å²) in [5.74, 6) is 0. The van der Waals surface area contributed by atoms with Crippen molar-refractivity contribution in [2.45, 2.75) is 13.1 Å². The molecule has 0 spiro atoms. The molecule has 0 aromatic heterocycles. The first-order valence-corrected chi connectivity index (χ1v) is 7.20. The van der Waals surface area contributed by atoms with Gasteiger partial charge in [0, 0.05) is 14.2 Å². The minimum absolute atomic E-state index is 0.778. The largest absolute Gasteiger partial charge is 0.398 e. The van der Waals surface area contributed by atoms with Crippen LogP contribution in [0.1, 0.15) is 0 Å². The molecule has 0 amide bonds. The van der Waals surface area contributed by atoms with Crippen LogP contribution in [0.5, 0.6) is 0 Å². The fourth-order valence-electron chi connectivity index (χ4n) is 0.523. The van der Waals surface area contributed by atoms with Gasteiger partial charge in [0.1, 0.15) is 0 Å². The molecule has 0 aromatic rings. The van der Waals surface area contributed by atoms with Crippen molar-refractivity contribution >= 4 is 8.56 Å². The summed E-state index contributed by atoms with van der Waals surface area (Å²) in [6.45, 7) is 7.10. The molecule has 1 saturated heterocycles. The van der Waals surface area contributed by atoms with Gasteiger partial charge in [-0.3, -0.25) is 0 Å². The molecule has 0 aliphatic carbocycles. The van der Waals surface area contributed by atoms with E-state index in [1.165, 1.54) is 0 Å². The van der Waals surface area contributed by atoms with Gasteiger partial charge in [-0.2, -0.15) is 0 Å². The van der Waals surface area contributed by atoms with Crippen LogP contribution >= 0.6 is 0 Å². The van der Waals surface area contributed by atoms with Crippen LogP contribution in [0.25, 0.3) is 0 Å². The van der Waals surface area contributed by atoms with Crippen LogP contribution in [0.4, 0.5) is 0 Å². The van der Waals surface area contributed by atoms with E-state index in [0.29, 0.717) is 0 Å². The van der Waals surface area contributed by atoms with Gasteiger partial charge >= 0.3 is 8.56 Å². The highest BCUT2D eigenvalue weighted by Gasteiger charge is 2.19. The zero-order valence-corrected chi connectivity index (χ0v) is 9.96. The van der Waals surface area contributed by atoms with Crippen LogP contribution in [0.15, 0.2) is 0 Å². The summed E-state index contributed by atoms with van der Waals surface area (Å²) in [6, 6.07) is 0. The van der Waals surface area contributed by atoms with Crippen molar-refractivity contribution in [2.75, 3.05) is 40.6 Å². The van der Waals surface area contributed by atoms with E-state index >= 15 is 0 Å². The van der Waals surface area contributed by atoms with Gasteiger partial charge in [0.2, 0.25) is 0 Å². The van der Waals surface area contributed by atoms with Gasteiger partial charge in [-0.25, -0.2) is 0 Å². The second kappa shape index (κ2) is 7.46. The van der Waals surface area contributed by atoms with Crippen molar-refractivity contribution < 1.29 is 18.3 Å². The van der Waals surface area contributed by atoms with Gasteiger partial charge in [-0.05, 0) is 13.1 Å². The molecule has 0 N–H and O–H groups in total. The quantitative estimate of drug-likeness (QED) is 0.635. The zero-order valence-electron chi connectivity index (χ0n) is 8.96. The Morgan fingerprint density at radius 1 is 0.846 bits per heavy atom. The van der Waals surface area contributed by atoms with E-state index in [1.807, 2.05) is 13.1 Å². The van der Waals surface area contributed by atoms with Gasteiger partial charge in [0.15, 0.2) is 0 Å². The van der Waals surface area contributed by atoms with Crippen molar-refractivity contribution in [3.63, 3.8) is 0 Å². The van der Waals surface area contributed by atoms with E-state index in [-0.39, 0.29) is 0 Å². The highest BCUT2D eigenvalue weighted by molar-refractivity contribution is 6.64. The molecule has 1 heterocycles. The summed E-state index contributed by atoms with van der Waals surface area (Å²) in [4.78, 5) is 0. The van der Waals surface area contributed by atoms with E-state index in [4.69, 9.17) is 18.3 Å². The van der Waals surface area contributed by atoms with E-state index < -0.39 is 8.56 Å². The number of rotatable bonds is 2. The van der Waals surface area contributed by atoms with Gasteiger partial charge in [-0.1, -0.05) is 0 Å². The minimum Gasteiger partial charge on any atom is -0.398 e. The molecule has 80 valence electrons. The maximum Gasteiger partial charge on any atom is 0.331 e. The third-order valence-electron chi connectivity index (χ3n) is 1.73. The fraction of sp³-hybridized carbons (Fsp3) is 1.00. The molecule has 13 heavy (non-hydrogen) atoms. The molecular formula is C8H20O4Si. The molecule has 0 aromatic carbocycles. The van der Waals surface area contributed by atoms with E-state index in [2.05, 4.69) is 0 Å². The fourth-order valence-corrected chi connectivity index (χ4v) is 0.690. The smallest absolute Gasteiger partial charge is 0.331 e. The van der Waals surface area contributed by atoms with Crippen LogP contribution in [0.2, 0.25) is 13.1 Å². The normalized spacial score (nSPS) is 17.5. The summed E-state index contributed by atoms with van der Waals surface area (Å²) < 4.78 is 19.9. The Bertz CT molecular complexity index is 97.2. The Morgan fingerprint density at radius 3 is 1.23 bits per heavy atom. The summed E-state index contributed by atoms with van der Waals surface area (Å²) in [7, 11) is 1.70. The molecule has 0 bridgehead atoms. The van der Waals surface area contributed by atoms with Crippen molar-refractivity contribution in [2.24, 2.45) is 0 Å². The number of ether oxygens (including phenoxy) is 2. The molecule has 4 nitrogen and oxygen atoms in total. The first-order valence-electron chi connectivity index (χ1n) is 4.38. The lowest BCUT2D eigenvalue weighted by Gasteiger charge is -2.15. The third kappa shape index (κ3) is 8.39. The van der Waals surface area contributed by atoms with Crippen molar-refractivity contribution in [1.82, 2.24) is 0 Å². The van der Waals surface area contributed by atoms with E-state index in [0.717, 1.165) is 26.4 Å². The minimum atomic E-state index is -1.65. The molecular weight excluding hydrogens is 188 g/mol. The molecule has 5 heteroatoms. The summed E-state index contributed by atoms with van der Waals surface area (Å²) in [5.41, 5.74) is 0. The predicted molar refractivity (Wildman–Crippen MR) is 53.1 cm³/mol. The van der Waals surface area contributed by atoms with Gasteiger partial charge in [0.05, 0.1) is 26.4 Å². The third-order valence-corrected chi connectivity index (χ3v) is 3.69. The predicted octanol–water partition coefficient (Wildman–Crippen LogP) is 1.01. The molecule has 1 aliphatic rings. The van der Waals surface area contributed by atoms with Crippen molar-refractivity contribution in [1.29, 1.82) is 0 Å².